The smallest absolute Gasteiger partial charge is 0.186 e. The summed E-state index contributed by atoms with van der Waals surface area (Å²) >= 11 is 1.53. The molecule has 0 bridgehead atoms. The van der Waals surface area contributed by atoms with E-state index in [-0.39, 0.29) is 16.4 Å². The summed E-state index contributed by atoms with van der Waals surface area (Å²) in [5, 5.41) is 0. The Morgan fingerprint density at radius 2 is 1.90 bits per heavy atom. The van der Waals surface area contributed by atoms with Crippen LogP contribution in [0.2, 0.25) is 0 Å². The van der Waals surface area contributed by atoms with Crippen LogP contribution < -0.4 is 10.5 Å². The molecule has 4 nitrogen and oxygen atoms in total. The van der Waals surface area contributed by atoms with Crippen molar-refractivity contribution in [2.75, 3.05) is 12.8 Å². The predicted molar refractivity (Wildman–Crippen MR) is 82.0 cm³/mol. The quantitative estimate of drug-likeness (QED) is 0.862. The van der Waals surface area contributed by atoms with Crippen LogP contribution in [0.4, 0.5) is 5.69 Å². The topological polar surface area (TPSA) is 69.4 Å². The van der Waals surface area contributed by atoms with Crippen LogP contribution in [0, 0.1) is 0 Å². The molecule has 0 atom stereocenters. The van der Waals surface area contributed by atoms with Crippen molar-refractivity contribution in [1.29, 1.82) is 0 Å². The minimum Gasteiger partial charge on any atom is -0.495 e. The molecule has 0 aliphatic carbocycles. The van der Waals surface area contributed by atoms with E-state index in [2.05, 4.69) is 0 Å². The number of aryl methyl sites for hydroxylation is 1. The maximum Gasteiger partial charge on any atom is 0.186 e. The zero-order valence-corrected chi connectivity index (χ0v) is 13.1. The first-order chi connectivity index (χ1) is 9.46. The van der Waals surface area contributed by atoms with Gasteiger partial charge in [0.25, 0.3) is 0 Å². The predicted octanol–water partition coefficient (Wildman–Crippen LogP) is 2.88. The zero-order valence-electron chi connectivity index (χ0n) is 11.4. The summed E-state index contributed by atoms with van der Waals surface area (Å²) in [6, 6.07) is 8.43. The fraction of sp³-hybridized carbons (Fsp3) is 0.286. The number of nitrogens with two attached hydrogens (primary N) is 1. The van der Waals surface area contributed by atoms with E-state index < -0.39 is 9.84 Å². The van der Waals surface area contributed by atoms with E-state index in [1.165, 1.54) is 35.5 Å². The molecule has 1 aromatic carbocycles. The van der Waals surface area contributed by atoms with Crippen molar-refractivity contribution in [2.45, 2.75) is 24.0 Å². The van der Waals surface area contributed by atoms with E-state index >= 15 is 0 Å². The Balaban J connectivity index is 2.35. The fourth-order valence-electron chi connectivity index (χ4n) is 1.90. The van der Waals surface area contributed by atoms with Crippen LogP contribution in [0.15, 0.2) is 35.2 Å². The molecule has 0 fully saturated rings. The minimum absolute atomic E-state index is 0.0159. The van der Waals surface area contributed by atoms with Crippen molar-refractivity contribution < 1.29 is 13.2 Å². The maximum atomic E-state index is 12.5. The van der Waals surface area contributed by atoms with Gasteiger partial charge in [0.05, 0.1) is 12.9 Å². The number of anilines is 1. The molecular formula is C14H17NO3S2. The summed E-state index contributed by atoms with van der Waals surface area (Å²) in [6.45, 7) is 2.05. The lowest BCUT2D eigenvalue weighted by Crippen LogP contribution is -2.06. The van der Waals surface area contributed by atoms with Crippen LogP contribution in [0.1, 0.15) is 16.7 Å². The third-order valence-electron chi connectivity index (χ3n) is 2.92. The van der Waals surface area contributed by atoms with E-state index in [9.17, 15) is 8.42 Å². The average molecular weight is 311 g/mol. The largest absolute Gasteiger partial charge is 0.495 e. The van der Waals surface area contributed by atoms with Crippen LogP contribution >= 0.6 is 11.3 Å². The first-order valence-electron chi connectivity index (χ1n) is 6.20. The van der Waals surface area contributed by atoms with Gasteiger partial charge in [0.15, 0.2) is 9.84 Å². The Hall–Kier alpha value is -1.53. The number of benzene rings is 1. The summed E-state index contributed by atoms with van der Waals surface area (Å²) in [5.74, 6) is 0.273. The molecule has 2 aromatic rings. The standard InChI is InChI=1S/C14H17NO3S2/c1-3-11-5-6-12(19-11)9-20(16,17)14-7-4-10(15)8-13(14)18-2/h4-8H,3,9,15H2,1-2H3. The molecule has 0 aliphatic heterocycles. The summed E-state index contributed by atoms with van der Waals surface area (Å²) < 4.78 is 30.1. The molecule has 2 N–H and O–H groups in total. The first kappa shape index (κ1) is 14.9. The lowest BCUT2D eigenvalue weighted by Gasteiger charge is -2.09. The van der Waals surface area contributed by atoms with E-state index in [0.29, 0.717) is 5.69 Å². The molecule has 0 spiro atoms. The van der Waals surface area contributed by atoms with Crippen LogP contribution in [-0.4, -0.2) is 15.5 Å². The normalized spacial score (nSPS) is 11.5. The summed E-state index contributed by atoms with van der Waals surface area (Å²) in [5.41, 5.74) is 6.12. The van der Waals surface area contributed by atoms with Crippen molar-refractivity contribution in [3.05, 3.63) is 40.1 Å². The van der Waals surface area contributed by atoms with Crippen molar-refractivity contribution in [3.63, 3.8) is 0 Å². The molecule has 108 valence electrons. The van der Waals surface area contributed by atoms with E-state index in [1.54, 1.807) is 6.07 Å². The molecule has 0 radical (unpaired) electrons. The lowest BCUT2D eigenvalue weighted by atomic mass is 10.3. The number of nitrogen functional groups attached to an aromatic ring is 1. The number of rotatable bonds is 5. The van der Waals surface area contributed by atoms with Gasteiger partial charge < -0.3 is 10.5 Å². The molecule has 0 unspecified atom stereocenters. The average Bonchev–Trinajstić information content (AvgIpc) is 2.85. The highest BCUT2D eigenvalue weighted by Crippen LogP contribution is 2.30. The van der Waals surface area contributed by atoms with Crippen LogP contribution in [0.5, 0.6) is 5.75 Å². The Kier molecular flexibility index (Phi) is 4.35. The molecule has 0 saturated heterocycles. The van der Waals surface area contributed by atoms with Gasteiger partial charge in [0.1, 0.15) is 10.6 Å². The Bertz CT molecular complexity index is 705. The second kappa shape index (κ2) is 5.85. The summed E-state index contributed by atoms with van der Waals surface area (Å²) in [7, 11) is -2.00. The highest BCUT2D eigenvalue weighted by Gasteiger charge is 2.21. The van der Waals surface area contributed by atoms with Crippen LogP contribution in [0.3, 0.4) is 0 Å². The Labute approximate surface area is 123 Å². The number of thiophene rings is 1. The lowest BCUT2D eigenvalue weighted by molar-refractivity contribution is 0.403. The number of hydrogen-bond acceptors (Lipinski definition) is 5. The van der Waals surface area contributed by atoms with Gasteiger partial charge in [-0.15, -0.1) is 11.3 Å². The van der Waals surface area contributed by atoms with Crippen molar-refractivity contribution in [1.82, 2.24) is 0 Å². The first-order valence-corrected chi connectivity index (χ1v) is 8.67. The Morgan fingerprint density at radius 1 is 1.20 bits per heavy atom. The molecule has 0 saturated carbocycles. The molecule has 1 aromatic heterocycles. The highest BCUT2D eigenvalue weighted by atomic mass is 32.2. The molecule has 6 heteroatoms. The van der Waals surface area contributed by atoms with Crippen molar-refractivity contribution in [3.8, 4) is 5.75 Å². The van der Waals surface area contributed by atoms with E-state index in [1.807, 2.05) is 19.1 Å². The fourth-order valence-corrected chi connectivity index (χ4v) is 4.70. The van der Waals surface area contributed by atoms with Gasteiger partial charge in [-0.1, -0.05) is 6.92 Å². The molecule has 2 rings (SSSR count). The monoisotopic (exact) mass is 311 g/mol. The molecule has 1 heterocycles. The third kappa shape index (κ3) is 3.13. The van der Waals surface area contributed by atoms with Gasteiger partial charge in [0, 0.05) is 21.5 Å². The van der Waals surface area contributed by atoms with Gasteiger partial charge in [-0.3, -0.25) is 0 Å². The van der Waals surface area contributed by atoms with Crippen molar-refractivity contribution in [2.24, 2.45) is 0 Å². The van der Waals surface area contributed by atoms with Gasteiger partial charge in [0.2, 0.25) is 0 Å². The number of methoxy groups -OCH3 is 1. The van der Waals surface area contributed by atoms with Gasteiger partial charge in [-0.25, -0.2) is 8.42 Å². The third-order valence-corrected chi connectivity index (χ3v) is 6.03. The second-order valence-electron chi connectivity index (χ2n) is 4.39. The number of hydrogen-bond donors (Lipinski definition) is 1. The summed E-state index contributed by atoms with van der Waals surface area (Å²) in [6.07, 6.45) is 0.913. The Morgan fingerprint density at radius 3 is 2.50 bits per heavy atom. The molecule has 0 aliphatic rings. The SMILES string of the molecule is CCc1ccc(CS(=O)(=O)c2ccc(N)cc2OC)s1. The van der Waals surface area contributed by atoms with E-state index in [4.69, 9.17) is 10.5 Å². The van der Waals surface area contributed by atoms with Gasteiger partial charge in [-0.05, 0) is 30.7 Å². The van der Waals surface area contributed by atoms with E-state index in [0.717, 1.165) is 11.3 Å². The molecular weight excluding hydrogens is 294 g/mol. The highest BCUT2D eigenvalue weighted by molar-refractivity contribution is 7.90. The van der Waals surface area contributed by atoms with Crippen LogP contribution in [-0.2, 0) is 22.0 Å². The minimum atomic E-state index is -3.44. The number of ether oxygens (including phenoxy) is 1. The van der Waals surface area contributed by atoms with Gasteiger partial charge in [-0.2, -0.15) is 0 Å². The molecule has 0 amide bonds. The maximum absolute atomic E-state index is 12.5. The zero-order chi connectivity index (χ0) is 14.8. The second-order valence-corrected chi connectivity index (χ2v) is 7.60. The van der Waals surface area contributed by atoms with Crippen molar-refractivity contribution >= 4 is 26.9 Å². The number of sulfone groups is 1. The van der Waals surface area contributed by atoms with Crippen LogP contribution in [0.25, 0.3) is 0 Å². The summed E-state index contributed by atoms with van der Waals surface area (Å²) in [4.78, 5) is 2.20. The van der Waals surface area contributed by atoms with Gasteiger partial charge >= 0.3 is 0 Å². The molecule has 20 heavy (non-hydrogen) atoms.